The van der Waals surface area contributed by atoms with Gasteiger partial charge in [0, 0.05) is 31.6 Å². The number of benzene rings is 1. The third-order valence-electron chi connectivity index (χ3n) is 4.27. The van der Waals surface area contributed by atoms with Crippen LogP contribution in [0.25, 0.3) is 0 Å². The Balaban J connectivity index is 1.46. The van der Waals surface area contributed by atoms with Crippen LogP contribution < -0.4 is 5.32 Å². The van der Waals surface area contributed by atoms with E-state index in [1.165, 1.54) is 5.56 Å². The average molecular weight is 342 g/mol. The first kappa shape index (κ1) is 17.5. The van der Waals surface area contributed by atoms with Gasteiger partial charge in [0.15, 0.2) is 5.96 Å². The molecule has 1 aliphatic heterocycles. The lowest BCUT2D eigenvalue weighted by atomic mass is 10.1. The van der Waals surface area contributed by atoms with Crippen LogP contribution in [0.5, 0.6) is 0 Å². The minimum atomic E-state index is 0.532. The number of likely N-dealkylation sites (tertiary alicyclic amines) is 1. The smallest absolute Gasteiger partial charge is 0.194 e. The van der Waals surface area contributed by atoms with E-state index in [2.05, 4.69) is 39.4 Å². The molecule has 1 aromatic heterocycles. The minimum absolute atomic E-state index is 0.532. The molecule has 2 aromatic rings. The van der Waals surface area contributed by atoms with Crippen molar-refractivity contribution in [3.63, 3.8) is 0 Å². The molecule has 6 heteroatoms. The van der Waals surface area contributed by atoms with Crippen LogP contribution in [0.15, 0.2) is 52.2 Å². The van der Waals surface area contributed by atoms with Crippen molar-refractivity contribution in [2.75, 3.05) is 26.2 Å². The van der Waals surface area contributed by atoms with Crippen molar-refractivity contribution >= 4 is 5.96 Å². The van der Waals surface area contributed by atoms with Gasteiger partial charge >= 0.3 is 0 Å². The third-order valence-corrected chi connectivity index (χ3v) is 4.27. The molecular formula is C19H26N4O2. The van der Waals surface area contributed by atoms with Gasteiger partial charge < -0.3 is 19.5 Å². The summed E-state index contributed by atoms with van der Waals surface area (Å²) in [6.07, 6.45) is 2.71. The molecule has 0 amide bonds. The molecule has 0 bridgehead atoms. The fourth-order valence-corrected chi connectivity index (χ4v) is 2.98. The number of ether oxygens (including phenoxy) is 1. The number of hydrogen-bond acceptors (Lipinski definition) is 4. The summed E-state index contributed by atoms with van der Waals surface area (Å²) in [5, 5.41) is 7.28. The maximum Gasteiger partial charge on any atom is 0.194 e. The number of hydrogen-bond donors (Lipinski definition) is 1. The second kappa shape index (κ2) is 9.22. The molecule has 6 nitrogen and oxygen atoms in total. The monoisotopic (exact) mass is 342 g/mol. The zero-order valence-electron chi connectivity index (χ0n) is 14.7. The molecular weight excluding hydrogens is 316 g/mol. The van der Waals surface area contributed by atoms with Crippen molar-refractivity contribution in [1.29, 1.82) is 0 Å². The van der Waals surface area contributed by atoms with E-state index in [0.717, 1.165) is 44.3 Å². The molecule has 1 aliphatic rings. The number of aliphatic imine (C=N–C) groups is 1. The summed E-state index contributed by atoms with van der Waals surface area (Å²) in [7, 11) is 0. The van der Waals surface area contributed by atoms with Crippen LogP contribution in [0, 0.1) is 5.92 Å². The number of nitrogens with one attached hydrogen (secondary N) is 1. The first-order valence-corrected chi connectivity index (χ1v) is 8.89. The standard InChI is InChI=1S/C19H26N4O2/c1-2-20-19(21-12-18-9-11-25-22-18)23-10-8-17(13-23)15-24-14-16-6-4-3-5-7-16/h3-7,9,11,17H,2,8,10,12-15H2,1H3,(H,20,21). The molecule has 1 aromatic carbocycles. The Bertz CT molecular complexity index is 643. The highest BCUT2D eigenvalue weighted by Crippen LogP contribution is 2.17. The van der Waals surface area contributed by atoms with Crippen LogP contribution in [0.2, 0.25) is 0 Å². The van der Waals surface area contributed by atoms with E-state index in [0.29, 0.717) is 19.1 Å². The molecule has 1 N–H and O–H groups in total. The minimum Gasteiger partial charge on any atom is -0.376 e. The molecule has 3 rings (SSSR count). The van der Waals surface area contributed by atoms with Crippen molar-refractivity contribution in [2.24, 2.45) is 10.9 Å². The topological polar surface area (TPSA) is 62.9 Å². The van der Waals surface area contributed by atoms with Gasteiger partial charge in [0.25, 0.3) is 0 Å². The van der Waals surface area contributed by atoms with Gasteiger partial charge in [0.1, 0.15) is 12.0 Å². The van der Waals surface area contributed by atoms with Gasteiger partial charge in [-0.15, -0.1) is 0 Å². The average Bonchev–Trinajstić information content (AvgIpc) is 3.32. The molecule has 2 heterocycles. The Morgan fingerprint density at radius 1 is 1.36 bits per heavy atom. The molecule has 1 unspecified atom stereocenters. The van der Waals surface area contributed by atoms with Gasteiger partial charge in [-0.25, -0.2) is 4.99 Å². The van der Waals surface area contributed by atoms with Crippen molar-refractivity contribution in [3.05, 3.63) is 53.9 Å². The first-order chi connectivity index (χ1) is 12.3. The largest absolute Gasteiger partial charge is 0.376 e. The molecule has 0 aliphatic carbocycles. The lowest BCUT2D eigenvalue weighted by Gasteiger charge is -2.21. The molecule has 0 spiro atoms. The van der Waals surface area contributed by atoms with E-state index in [9.17, 15) is 0 Å². The third kappa shape index (κ3) is 5.32. The van der Waals surface area contributed by atoms with E-state index >= 15 is 0 Å². The van der Waals surface area contributed by atoms with Crippen molar-refractivity contribution in [3.8, 4) is 0 Å². The summed E-state index contributed by atoms with van der Waals surface area (Å²) in [6.45, 7) is 6.91. The molecule has 1 atom stereocenters. The van der Waals surface area contributed by atoms with Crippen molar-refractivity contribution in [2.45, 2.75) is 26.5 Å². The highest BCUT2D eigenvalue weighted by Gasteiger charge is 2.25. The molecule has 25 heavy (non-hydrogen) atoms. The predicted molar refractivity (Wildman–Crippen MR) is 97.1 cm³/mol. The molecule has 1 saturated heterocycles. The second-order valence-electron chi connectivity index (χ2n) is 6.26. The maximum atomic E-state index is 5.90. The van der Waals surface area contributed by atoms with Gasteiger partial charge in [0.2, 0.25) is 0 Å². The van der Waals surface area contributed by atoms with Gasteiger partial charge in [-0.05, 0) is 18.9 Å². The van der Waals surface area contributed by atoms with Crippen molar-refractivity contribution < 1.29 is 9.26 Å². The molecule has 0 radical (unpaired) electrons. The summed E-state index contributed by atoms with van der Waals surface area (Å²) in [5.41, 5.74) is 2.07. The van der Waals surface area contributed by atoms with Crippen LogP contribution >= 0.6 is 0 Å². The molecule has 0 saturated carbocycles. The van der Waals surface area contributed by atoms with Crippen molar-refractivity contribution in [1.82, 2.24) is 15.4 Å². The molecule has 1 fully saturated rings. The summed E-state index contributed by atoms with van der Waals surface area (Å²) in [4.78, 5) is 6.97. The van der Waals surface area contributed by atoms with Gasteiger partial charge in [-0.2, -0.15) is 0 Å². The lowest BCUT2D eigenvalue weighted by molar-refractivity contribution is 0.0906. The number of rotatable bonds is 7. The van der Waals surface area contributed by atoms with Crippen LogP contribution in [0.4, 0.5) is 0 Å². The Morgan fingerprint density at radius 3 is 3.00 bits per heavy atom. The van der Waals surface area contributed by atoms with Gasteiger partial charge in [-0.3, -0.25) is 0 Å². The Labute approximate surface area is 148 Å². The second-order valence-corrected chi connectivity index (χ2v) is 6.26. The number of aromatic nitrogens is 1. The van der Waals surface area contributed by atoms with Crippen LogP contribution in [-0.2, 0) is 17.9 Å². The predicted octanol–water partition coefficient (Wildman–Crippen LogP) is 2.68. The quantitative estimate of drug-likeness (QED) is 0.619. The summed E-state index contributed by atoms with van der Waals surface area (Å²) >= 11 is 0. The van der Waals surface area contributed by atoms with Gasteiger partial charge in [0.05, 0.1) is 19.8 Å². The van der Waals surface area contributed by atoms with Crippen LogP contribution in [-0.4, -0.2) is 42.3 Å². The van der Waals surface area contributed by atoms with E-state index < -0.39 is 0 Å². The highest BCUT2D eigenvalue weighted by molar-refractivity contribution is 5.80. The summed E-state index contributed by atoms with van der Waals surface area (Å²) < 4.78 is 10.8. The van der Waals surface area contributed by atoms with E-state index in [4.69, 9.17) is 9.26 Å². The van der Waals surface area contributed by atoms with E-state index in [-0.39, 0.29) is 0 Å². The number of guanidine groups is 1. The number of nitrogens with zero attached hydrogens (tertiary/aromatic N) is 3. The summed E-state index contributed by atoms with van der Waals surface area (Å²) in [5.74, 6) is 1.48. The van der Waals surface area contributed by atoms with E-state index in [1.54, 1.807) is 6.26 Å². The molecule has 134 valence electrons. The highest BCUT2D eigenvalue weighted by atomic mass is 16.5. The Hall–Kier alpha value is -2.34. The van der Waals surface area contributed by atoms with Crippen LogP contribution in [0.3, 0.4) is 0 Å². The lowest BCUT2D eigenvalue weighted by Crippen LogP contribution is -2.40. The SMILES string of the molecule is CCNC(=NCc1ccon1)N1CCC(COCc2ccccc2)C1. The zero-order chi connectivity index (χ0) is 17.3. The van der Waals surface area contributed by atoms with Gasteiger partial charge in [-0.1, -0.05) is 35.5 Å². The van der Waals surface area contributed by atoms with E-state index in [1.807, 2.05) is 24.3 Å². The Morgan fingerprint density at radius 2 is 2.24 bits per heavy atom. The fourth-order valence-electron chi connectivity index (χ4n) is 2.98. The fraction of sp³-hybridized carbons (Fsp3) is 0.474. The first-order valence-electron chi connectivity index (χ1n) is 8.89. The normalized spacial score (nSPS) is 17.9. The van der Waals surface area contributed by atoms with Crippen LogP contribution in [0.1, 0.15) is 24.6 Å². The maximum absolute atomic E-state index is 5.90. The Kier molecular flexibility index (Phi) is 6.45. The zero-order valence-corrected chi connectivity index (χ0v) is 14.7. The summed E-state index contributed by atoms with van der Waals surface area (Å²) in [6, 6.07) is 12.2.